The fourth-order valence-corrected chi connectivity index (χ4v) is 2.04. The highest BCUT2D eigenvalue weighted by molar-refractivity contribution is 5.21. The predicted octanol–water partition coefficient (Wildman–Crippen LogP) is 3.69. The second-order valence-corrected chi connectivity index (χ2v) is 4.65. The molecule has 0 bridgehead atoms. The lowest BCUT2D eigenvalue weighted by Gasteiger charge is -2.04. The fraction of sp³-hybridized carbons (Fsp3) is 0.375. The van der Waals surface area contributed by atoms with E-state index in [-0.39, 0.29) is 0 Å². The van der Waals surface area contributed by atoms with Crippen molar-refractivity contribution < 1.29 is 0 Å². The van der Waals surface area contributed by atoms with Crippen LogP contribution in [0, 0.1) is 0 Å². The van der Waals surface area contributed by atoms with Crippen LogP contribution in [0.15, 0.2) is 48.8 Å². The van der Waals surface area contributed by atoms with Crippen LogP contribution in [0.1, 0.15) is 31.2 Å². The van der Waals surface area contributed by atoms with Crippen LogP contribution in [0.5, 0.6) is 0 Å². The molecule has 19 heavy (non-hydrogen) atoms. The Labute approximate surface area is 115 Å². The largest absolute Gasteiger partial charge is 0.354 e. The molecule has 2 rings (SSSR count). The van der Waals surface area contributed by atoms with E-state index in [1.807, 2.05) is 6.07 Å². The number of anilines is 1. The van der Waals surface area contributed by atoms with E-state index in [0.29, 0.717) is 0 Å². The van der Waals surface area contributed by atoms with Gasteiger partial charge in [0.05, 0.1) is 0 Å². The molecular weight excluding hydrogens is 234 g/mol. The van der Waals surface area contributed by atoms with Crippen LogP contribution in [-0.4, -0.2) is 16.5 Å². The van der Waals surface area contributed by atoms with Gasteiger partial charge in [0.2, 0.25) is 5.95 Å². The Balaban J connectivity index is 1.49. The van der Waals surface area contributed by atoms with Crippen LogP contribution >= 0.6 is 0 Å². The van der Waals surface area contributed by atoms with Crippen LogP contribution in [0.2, 0.25) is 0 Å². The first-order valence-corrected chi connectivity index (χ1v) is 7.00. The van der Waals surface area contributed by atoms with E-state index < -0.39 is 0 Å². The van der Waals surface area contributed by atoms with E-state index in [1.54, 1.807) is 12.4 Å². The van der Waals surface area contributed by atoms with Crippen molar-refractivity contribution in [3.05, 3.63) is 54.4 Å². The standard InChI is InChI=1S/C16H21N3/c1(4-9-15-10-5-3-6-11-15)2-7-12-17-16-18-13-8-14-19-16/h3,5-6,8,10-11,13-14H,1-2,4,7,9,12H2,(H,17,18,19). The average molecular weight is 255 g/mol. The zero-order valence-electron chi connectivity index (χ0n) is 11.3. The first-order valence-electron chi connectivity index (χ1n) is 7.00. The number of nitrogens with one attached hydrogen (secondary N) is 1. The second kappa shape index (κ2) is 8.25. The molecule has 0 aliphatic heterocycles. The summed E-state index contributed by atoms with van der Waals surface area (Å²) in [6, 6.07) is 12.5. The summed E-state index contributed by atoms with van der Waals surface area (Å²) in [5, 5.41) is 3.23. The van der Waals surface area contributed by atoms with Gasteiger partial charge in [0.25, 0.3) is 0 Å². The minimum absolute atomic E-state index is 0.729. The molecule has 1 aromatic carbocycles. The number of hydrogen-bond donors (Lipinski definition) is 1. The molecule has 0 unspecified atom stereocenters. The summed E-state index contributed by atoms with van der Waals surface area (Å²) in [5.74, 6) is 0.729. The number of aromatic nitrogens is 2. The lowest BCUT2D eigenvalue weighted by molar-refractivity contribution is 0.653. The number of rotatable bonds is 8. The van der Waals surface area contributed by atoms with Gasteiger partial charge in [-0.3, -0.25) is 0 Å². The highest BCUT2D eigenvalue weighted by Gasteiger charge is 1.95. The maximum atomic E-state index is 4.13. The summed E-state index contributed by atoms with van der Waals surface area (Å²) >= 11 is 0. The average Bonchev–Trinajstić information content (AvgIpc) is 2.48. The Hall–Kier alpha value is -1.90. The Bertz CT molecular complexity index is 399. The quantitative estimate of drug-likeness (QED) is 0.731. The molecule has 1 heterocycles. The molecule has 0 radical (unpaired) electrons. The Morgan fingerprint density at radius 3 is 2.32 bits per heavy atom. The summed E-state index contributed by atoms with van der Waals surface area (Å²) in [6.07, 6.45) is 9.69. The van der Waals surface area contributed by atoms with Crippen molar-refractivity contribution in [2.24, 2.45) is 0 Å². The minimum atomic E-state index is 0.729. The van der Waals surface area contributed by atoms with Gasteiger partial charge in [-0.1, -0.05) is 43.2 Å². The molecule has 3 nitrogen and oxygen atoms in total. The van der Waals surface area contributed by atoms with E-state index >= 15 is 0 Å². The van der Waals surface area contributed by atoms with E-state index in [9.17, 15) is 0 Å². The Morgan fingerprint density at radius 1 is 0.789 bits per heavy atom. The molecule has 0 amide bonds. The van der Waals surface area contributed by atoms with Gasteiger partial charge in [-0.25, -0.2) is 9.97 Å². The van der Waals surface area contributed by atoms with E-state index in [1.165, 1.54) is 37.7 Å². The molecule has 0 aliphatic rings. The maximum absolute atomic E-state index is 4.13. The van der Waals surface area contributed by atoms with E-state index in [0.717, 1.165) is 12.5 Å². The Kier molecular flexibility index (Phi) is 5.87. The number of benzene rings is 1. The van der Waals surface area contributed by atoms with Gasteiger partial charge in [0.1, 0.15) is 0 Å². The zero-order chi connectivity index (χ0) is 13.2. The first kappa shape index (κ1) is 13.5. The van der Waals surface area contributed by atoms with Crippen molar-refractivity contribution in [3.8, 4) is 0 Å². The molecule has 0 fully saturated rings. The van der Waals surface area contributed by atoms with E-state index in [4.69, 9.17) is 0 Å². The molecule has 0 atom stereocenters. The summed E-state index contributed by atoms with van der Waals surface area (Å²) in [5.41, 5.74) is 1.44. The van der Waals surface area contributed by atoms with Crippen LogP contribution in [0.25, 0.3) is 0 Å². The molecular formula is C16H21N3. The van der Waals surface area contributed by atoms with Crippen molar-refractivity contribution >= 4 is 5.95 Å². The molecule has 1 aromatic heterocycles. The molecule has 1 N–H and O–H groups in total. The van der Waals surface area contributed by atoms with Gasteiger partial charge in [-0.2, -0.15) is 0 Å². The van der Waals surface area contributed by atoms with Crippen LogP contribution in [0.4, 0.5) is 5.95 Å². The number of hydrogen-bond acceptors (Lipinski definition) is 3. The normalized spacial score (nSPS) is 10.3. The molecule has 3 heteroatoms. The van der Waals surface area contributed by atoms with Crippen molar-refractivity contribution in [1.29, 1.82) is 0 Å². The smallest absolute Gasteiger partial charge is 0.222 e. The van der Waals surface area contributed by atoms with Crippen molar-refractivity contribution in [3.63, 3.8) is 0 Å². The van der Waals surface area contributed by atoms with Gasteiger partial charge < -0.3 is 5.32 Å². The maximum Gasteiger partial charge on any atom is 0.222 e. The lowest BCUT2D eigenvalue weighted by Crippen LogP contribution is -2.04. The predicted molar refractivity (Wildman–Crippen MR) is 79.1 cm³/mol. The van der Waals surface area contributed by atoms with Crippen LogP contribution in [0.3, 0.4) is 0 Å². The molecule has 0 saturated carbocycles. The van der Waals surface area contributed by atoms with Crippen LogP contribution in [-0.2, 0) is 6.42 Å². The third-order valence-corrected chi connectivity index (χ3v) is 3.08. The van der Waals surface area contributed by atoms with Crippen molar-refractivity contribution in [2.75, 3.05) is 11.9 Å². The second-order valence-electron chi connectivity index (χ2n) is 4.65. The topological polar surface area (TPSA) is 37.8 Å². The van der Waals surface area contributed by atoms with Crippen LogP contribution < -0.4 is 5.32 Å². The van der Waals surface area contributed by atoms with E-state index in [2.05, 4.69) is 45.6 Å². The zero-order valence-corrected chi connectivity index (χ0v) is 11.3. The highest BCUT2D eigenvalue weighted by atomic mass is 15.1. The molecule has 2 aromatic rings. The molecule has 0 saturated heterocycles. The SMILES string of the molecule is c1ccc(CCCCCCNc2ncccn2)cc1. The summed E-state index contributed by atoms with van der Waals surface area (Å²) in [6.45, 7) is 0.954. The summed E-state index contributed by atoms with van der Waals surface area (Å²) < 4.78 is 0. The third-order valence-electron chi connectivity index (χ3n) is 3.08. The van der Waals surface area contributed by atoms with Gasteiger partial charge >= 0.3 is 0 Å². The first-order chi connectivity index (χ1) is 9.45. The Morgan fingerprint density at radius 2 is 1.53 bits per heavy atom. The summed E-state index contributed by atoms with van der Waals surface area (Å²) in [4.78, 5) is 8.26. The van der Waals surface area contributed by atoms with Gasteiger partial charge in [-0.15, -0.1) is 0 Å². The van der Waals surface area contributed by atoms with Crippen molar-refractivity contribution in [2.45, 2.75) is 32.1 Å². The van der Waals surface area contributed by atoms with Gasteiger partial charge in [0, 0.05) is 18.9 Å². The summed E-state index contributed by atoms with van der Waals surface area (Å²) in [7, 11) is 0. The minimum Gasteiger partial charge on any atom is -0.354 e. The number of aryl methyl sites for hydroxylation is 1. The molecule has 100 valence electrons. The monoisotopic (exact) mass is 255 g/mol. The molecule has 0 aliphatic carbocycles. The van der Waals surface area contributed by atoms with Gasteiger partial charge in [-0.05, 0) is 30.9 Å². The third kappa shape index (κ3) is 5.51. The van der Waals surface area contributed by atoms with Gasteiger partial charge in [0.15, 0.2) is 0 Å². The van der Waals surface area contributed by atoms with Crippen molar-refractivity contribution in [1.82, 2.24) is 9.97 Å². The lowest BCUT2D eigenvalue weighted by atomic mass is 10.1. The highest BCUT2D eigenvalue weighted by Crippen LogP contribution is 2.07. The molecule has 0 spiro atoms. The number of unbranched alkanes of at least 4 members (excludes halogenated alkanes) is 3. The number of nitrogens with zero attached hydrogens (tertiary/aromatic N) is 2. The fourth-order valence-electron chi connectivity index (χ4n) is 2.04.